The van der Waals surface area contributed by atoms with E-state index in [0.29, 0.717) is 11.1 Å². The van der Waals surface area contributed by atoms with Crippen LogP contribution in [0.5, 0.6) is 0 Å². The molecule has 1 saturated carbocycles. The third-order valence-corrected chi connectivity index (χ3v) is 5.99. The first-order chi connectivity index (χ1) is 10.9. The summed E-state index contributed by atoms with van der Waals surface area (Å²) < 4.78 is 4.14. The molecule has 1 aliphatic carbocycles. The standard InChI is InChI=1S/C15H17BrN4OS2/c1-15(2,13(21)19-12-6-3-9(16)7-17-12)11-8-22-14(18-11)20-23-10-4-5-10/h3,6-8,10H,4-5H2,1-2H3,(H,18,20)(H,17,19,21). The molecule has 0 bridgehead atoms. The second kappa shape index (κ2) is 6.78. The van der Waals surface area contributed by atoms with Gasteiger partial charge in [-0.25, -0.2) is 9.97 Å². The summed E-state index contributed by atoms with van der Waals surface area (Å²) in [6.07, 6.45) is 4.19. The number of rotatable bonds is 6. The van der Waals surface area contributed by atoms with Gasteiger partial charge in [-0.05, 0) is 66.7 Å². The van der Waals surface area contributed by atoms with E-state index in [4.69, 9.17) is 0 Å². The van der Waals surface area contributed by atoms with E-state index >= 15 is 0 Å². The van der Waals surface area contributed by atoms with E-state index in [1.54, 1.807) is 24.2 Å². The maximum atomic E-state index is 12.6. The second-order valence-electron chi connectivity index (χ2n) is 5.90. The number of hydrogen-bond donors (Lipinski definition) is 2. The average Bonchev–Trinajstić information content (AvgIpc) is 3.23. The fourth-order valence-corrected chi connectivity index (χ4v) is 3.74. The van der Waals surface area contributed by atoms with Crippen molar-refractivity contribution in [2.75, 3.05) is 10.0 Å². The van der Waals surface area contributed by atoms with Crippen LogP contribution in [0, 0.1) is 0 Å². The Morgan fingerprint density at radius 1 is 1.43 bits per heavy atom. The normalized spacial score (nSPS) is 14.6. The van der Waals surface area contributed by atoms with Crippen LogP contribution in [0.4, 0.5) is 10.9 Å². The monoisotopic (exact) mass is 412 g/mol. The van der Waals surface area contributed by atoms with Crippen molar-refractivity contribution in [3.05, 3.63) is 33.9 Å². The zero-order valence-electron chi connectivity index (χ0n) is 12.8. The Bertz CT molecular complexity index is 698. The number of aromatic nitrogens is 2. The highest BCUT2D eigenvalue weighted by atomic mass is 79.9. The summed E-state index contributed by atoms with van der Waals surface area (Å²) in [5.74, 6) is 0.406. The summed E-state index contributed by atoms with van der Waals surface area (Å²) in [6, 6.07) is 3.61. The molecule has 2 heterocycles. The van der Waals surface area contributed by atoms with E-state index in [2.05, 4.69) is 35.9 Å². The zero-order chi connectivity index (χ0) is 16.4. The van der Waals surface area contributed by atoms with Gasteiger partial charge in [-0.3, -0.25) is 4.79 Å². The molecule has 2 aromatic heterocycles. The average molecular weight is 413 g/mol. The van der Waals surface area contributed by atoms with Crippen molar-refractivity contribution < 1.29 is 4.79 Å². The lowest BCUT2D eigenvalue weighted by atomic mass is 9.89. The van der Waals surface area contributed by atoms with Crippen LogP contribution in [0.15, 0.2) is 28.2 Å². The zero-order valence-corrected chi connectivity index (χ0v) is 16.0. The topological polar surface area (TPSA) is 66.9 Å². The molecule has 0 spiro atoms. The molecule has 3 rings (SSSR count). The summed E-state index contributed by atoms with van der Waals surface area (Å²) in [5, 5.41) is 6.34. The SMILES string of the molecule is CC(C)(C(=O)Nc1ccc(Br)cn1)c1csc(NSC2CC2)n1. The van der Waals surface area contributed by atoms with Crippen molar-refractivity contribution in [1.82, 2.24) is 9.97 Å². The fourth-order valence-electron chi connectivity index (χ4n) is 1.77. The predicted molar refractivity (Wildman–Crippen MR) is 99.9 cm³/mol. The highest BCUT2D eigenvalue weighted by Crippen LogP contribution is 2.36. The van der Waals surface area contributed by atoms with Crippen molar-refractivity contribution in [3.63, 3.8) is 0 Å². The number of anilines is 2. The van der Waals surface area contributed by atoms with Crippen molar-refractivity contribution in [2.24, 2.45) is 0 Å². The number of carbonyl (C=O) groups is 1. The lowest BCUT2D eigenvalue weighted by Crippen LogP contribution is -2.35. The minimum absolute atomic E-state index is 0.126. The van der Waals surface area contributed by atoms with E-state index < -0.39 is 5.41 Å². The number of carbonyl (C=O) groups excluding carboxylic acids is 1. The van der Waals surface area contributed by atoms with Gasteiger partial charge in [-0.2, -0.15) is 0 Å². The van der Waals surface area contributed by atoms with Gasteiger partial charge in [0.25, 0.3) is 0 Å². The van der Waals surface area contributed by atoms with Crippen LogP contribution >= 0.6 is 39.2 Å². The van der Waals surface area contributed by atoms with E-state index in [-0.39, 0.29) is 5.91 Å². The minimum Gasteiger partial charge on any atom is -0.310 e. The number of amides is 1. The minimum atomic E-state index is -0.727. The van der Waals surface area contributed by atoms with Crippen LogP contribution in [0.25, 0.3) is 0 Å². The Labute approximate surface area is 152 Å². The molecule has 8 heteroatoms. The maximum Gasteiger partial charge on any atom is 0.237 e. The molecule has 0 aliphatic heterocycles. The third-order valence-electron chi connectivity index (χ3n) is 3.52. The number of nitrogens with one attached hydrogen (secondary N) is 2. The Balaban J connectivity index is 1.66. The first kappa shape index (κ1) is 16.7. The first-order valence-electron chi connectivity index (χ1n) is 7.26. The molecular formula is C15H17BrN4OS2. The highest BCUT2D eigenvalue weighted by molar-refractivity contribution is 9.10. The van der Waals surface area contributed by atoms with Gasteiger partial charge in [-0.1, -0.05) is 0 Å². The van der Waals surface area contributed by atoms with Gasteiger partial charge in [0.1, 0.15) is 5.82 Å². The Hall–Kier alpha value is -1.12. The predicted octanol–water partition coefficient (Wildman–Crippen LogP) is 4.44. The molecule has 0 saturated heterocycles. The van der Waals surface area contributed by atoms with Crippen molar-refractivity contribution >= 4 is 56.1 Å². The van der Waals surface area contributed by atoms with E-state index in [0.717, 1.165) is 15.3 Å². The molecule has 0 aromatic carbocycles. The number of nitrogens with zero attached hydrogens (tertiary/aromatic N) is 2. The van der Waals surface area contributed by atoms with Crippen molar-refractivity contribution in [1.29, 1.82) is 0 Å². The maximum absolute atomic E-state index is 12.6. The lowest BCUT2D eigenvalue weighted by molar-refractivity contribution is -0.120. The number of hydrogen-bond acceptors (Lipinski definition) is 6. The fraction of sp³-hybridized carbons (Fsp3) is 0.400. The van der Waals surface area contributed by atoms with E-state index in [1.165, 1.54) is 24.2 Å². The number of thiazole rings is 1. The smallest absolute Gasteiger partial charge is 0.237 e. The lowest BCUT2D eigenvalue weighted by Gasteiger charge is -2.21. The largest absolute Gasteiger partial charge is 0.310 e. The van der Waals surface area contributed by atoms with Gasteiger partial charge in [0.05, 0.1) is 11.1 Å². The highest BCUT2D eigenvalue weighted by Gasteiger charge is 2.33. The van der Waals surface area contributed by atoms with Gasteiger partial charge < -0.3 is 10.0 Å². The molecule has 0 atom stereocenters. The van der Waals surface area contributed by atoms with Crippen LogP contribution in [0.3, 0.4) is 0 Å². The molecule has 23 heavy (non-hydrogen) atoms. The van der Waals surface area contributed by atoms with Crippen LogP contribution in [0.2, 0.25) is 0 Å². The Morgan fingerprint density at radius 2 is 2.22 bits per heavy atom. The second-order valence-corrected chi connectivity index (χ2v) is 8.78. The summed E-state index contributed by atoms with van der Waals surface area (Å²) in [6.45, 7) is 3.74. The summed E-state index contributed by atoms with van der Waals surface area (Å²) >= 11 is 6.57. The van der Waals surface area contributed by atoms with Crippen molar-refractivity contribution in [3.8, 4) is 0 Å². The van der Waals surface area contributed by atoms with E-state index in [9.17, 15) is 4.79 Å². The van der Waals surface area contributed by atoms with Crippen LogP contribution in [-0.2, 0) is 10.2 Å². The summed E-state index contributed by atoms with van der Waals surface area (Å²) in [7, 11) is 0. The molecule has 122 valence electrons. The molecule has 0 radical (unpaired) electrons. The molecule has 5 nitrogen and oxygen atoms in total. The van der Waals surface area contributed by atoms with Gasteiger partial charge in [0.15, 0.2) is 5.13 Å². The van der Waals surface area contributed by atoms with Crippen LogP contribution in [-0.4, -0.2) is 21.1 Å². The molecule has 2 N–H and O–H groups in total. The third kappa shape index (κ3) is 4.24. The van der Waals surface area contributed by atoms with Gasteiger partial charge in [0, 0.05) is 21.3 Å². The molecule has 2 aromatic rings. The van der Waals surface area contributed by atoms with E-state index in [1.807, 2.05) is 25.3 Å². The van der Waals surface area contributed by atoms with Gasteiger partial charge >= 0.3 is 0 Å². The quantitative estimate of drug-likeness (QED) is 0.686. The molecule has 0 unspecified atom stereocenters. The Kier molecular flexibility index (Phi) is 4.93. The summed E-state index contributed by atoms with van der Waals surface area (Å²) in [5.41, 5.74) is 0.0334. The molecule has 1 aliphatic rings. The Morgan fingerprint density at radius 3 is 2.87 bits per heavy atom. The summed E-state index contributed by atoms with van der Waals surface area (Å²) in [4.78, 5) is 21.3. The first-order valence-corrected chi connectivity index (χ1v) is 9.81. The van der Waals surface area contributed by atoms with Crippen LogP contribution in [0.1, 0.15) is 32.4 Å². The van der Waals surface area contributed by atoms with Gasteiger partial charge in [-0.15, -0.1) is 11.3 Å². The van der Waals surface area contributed by atoms with Crippen molar-refractivity contribution in [2.45, 2.75) is 37.4 Å². The molecule has 1 amide bonds. The number of pyridine rings is 1. The molecule has 1 fully saturated rings. The van der Waals surface area contributed by atoms with Crippen LogP contribution < -0.4 is 10.0 Å². The van der Waals surface area contributed by atoms with Gasteiger partial charge in [0.2, 0.25) is 5.91 Å². The molecular weight excluding hydrogens is 396 g/mol. The number of halogens is 1.